The van der Waals surface area contributed by atoms with Crippen molar-refractivity contribution in [3.05, 3.63) is 81.9 Å². The molecule has 26 heavy (non-hydrogen) atoms. The summed E-state index contributed by atoms with van der Waals surface area (Å²) in [5.41, 5.74) is 6.06. The number of aryl methyl sites for hydroxylation is 2. The molecule has 0 amide bonds. The maximum Gasteiger partial charge on any atom is 0.187 e. The summed E-state index contributed by atoms with van der Waals surface area (Å²) < 4.78 is 0. The minimum Gasteiger partial charge on any atom is -0.289 e. The molecule has 0 unspecified atom stereocenters. The third-order valence-corrected chi connectivity index (χ3v) is 4.52. The van der Waals surface area contributed by atoms with Gasteiger partial charge in [0.2, 0.25) is 0 Å². The van der Waals surface area contributed by atoms with Crippen LogP contribution in [0.4, 0.5) is 0 Å². The van der Waals surface area contributed by atoms with E-state index >= 15 is 0 Å². The third kappa shape index (κ3) is 4.39. The molecular weight excluding hydrogens is 318 g/mol. The van der Waals surface area contributed by atoms with E-state index in [4.69, 9.17) is 6.42 Å². The summed E-state index contributed by atoms with van der Waals surface area (Å²) >= 11 is 0. The zero-order valence-corrected chi connectivity index (χ0v) is 15.3. The van der Waals surface area contributed by atoms with Crippen LogP contribution < -0.4 is 0 Å². The highest BCUT2D eigenvalue weighted by molar-refractivity contribution is 6.14. The molecule has 0 atom stereocenters. The Balaban J connectivity index is 1.94. The molecule has 130 valence electrons. The van der Waals surface area contributed by atoms with E-state index in [-0.39, 0.29) is 5.78 Å². The van der Waals surface area contributed by atoms with Crippen LogP contribution in [0.3, 0.4) is 0 Å². The monoisotopic (exact) mass is 341 g/mol. The molecule has 1 aliphatic heterocycles. The number of ketones is 1. The predicted octanol–water partition coefficient (Wildman–Crippen LogP) is 4.29. The molecular formula is C24H23NO. The van der Waals surface area contributed by atoms with Crippen molar-refractivity contribution in [2.75, 3.05) is 19.6 Å². The second kappa shape index (κ2) is 7.99. The van der Waals surface area contributed by atoms with Crippen molar-refractivity contribution in [3.8, 4) is 12.3 Å². The van der Waals surface area contributed by atoms with Gasteiger partial charge in [-0.3, -0.25) is 9.69 Å². The molecule has 0 aliphatic carbocycles. The fourth-order valence-electron chi connectivity index (χ4n) is 3.08. The summed E-state index contributed by atoms with van der Waals surface area (Å²) in [5.74, 6) is 2.81. The second-order valence-corrected chi connectivity index (χ2v) is 6.84. The minimum atomic E-state index is 0.111. The van der Waals surface area contributed by atoms with Gasteiger partial charge in [0.25, 0.3) is 0 Å². The Kier molecular flexibility index (Phi) is 5.51. The highest BCUT2D eigenvalue weighted by atomic mass is 16.1. The van der Waals surface area contributed by atoms with E-state index < -0.39 is 0 Å². The summed E-state index contributed by atoms with van der Waals surface area (Å²) in [6, 6.07) is 16.4. The molecule has 1 aliphatic rings. The van der Waals surface area contributed by atoms with Gasteiger partial charge in [-0.2, -0.15) is 0 Å². The number of benzene rings is 2. The smallest absolute Gasteiger partial charge is 0.187 e. The van der Waals surface area contributed by atoms with Gasteiger partial charge in [0, 0.05) is 24.2 Å². The predicted molar refractivity (Wildman–Crippen MR) is 109 cm³/mol. The van der Waals surface area contributed by atoms with Crippen molar-refractivity contribution >= 4 is 17.9 Å². The fraction of sp³-hybridized carbons (Fsp3) is 0.208. The number of terminal acetylenes is 1. The third-order valence-electron chi connectivity index (χ3n) is 4.52. The lowest BCUT2D eigenvalue weighted by molar-refractivity contribution is -0.113. The zero-order valence-electron chi connectivity index (χ0n) is 15.3. The van der Waals surface area contributed by atoms with Crippen molar-refractivity contribution in [2.24, 2.45) is 0 Å². The average molecular weight is 341 g/mol. The first-order chi connectivity index (χ1) is 12.5. The van der Waals surface area contributed by atoms with Crippen molar-refractivity contribution in [1.82, 2.24) is 4.90 Å². The SMILES string of the molecule is C#CCN1C/C(=C/c2ccc(C)cc2)C(=O)/C(=C/c2ccc(C)cc2)C1. The van der Waals surface area contributed by atoms with E-state index in [1.807, 2.05) is 36.4 Å². The molecule has 0 bridgehead atoms. The quantitative estimate of drug-likeness (QED) is 0.613. The lowest BCUT2D eigenvalue weighted by atomic mass is 9.94. The largest absolute Gasteiger partial charge is 0.289 e. The number of carbonyl (C=O) groups excluding carboxylic acids is 1. The van der Waals surface area contributed by atoms with Crippen LogP contribution >= 0.6 is 0 Å². The minimum absolute atomic E-state index is 0.111. The van der Waals surface area contributed by atoms with Gasteiger partial charge in [0.15, 0.2) is 5.78 Å². The molecule has 2 nitrogen and oxygen atoms in total. The summed E-state index contributed by atoms with van der Waals surface area (Å²) in [5, 5.41) is 0. The first-order valence-electron chi connectivity index (χ1n) is 8.80. The number of hydrogen-bond donors (Lipinski definition) is 0. The van der Waals surface area contributed by atoms with Crippen LogP contribution in [0.25, 0.3) is 12.2 Å². The van der Waals surface area contributed by atoms with Gasteiger partial charge in [-0.1, -0.05) is 65.6 Å². The molecule has 0 aromatic heterocycles. The van der Waals surface area contributed by atoms with Gasteiger partial charge in [0.1, 0.15) is 0 Å². The average Bonchev–Trinajstić information content (AvgIpc) is 2.63. The Morgan fingerprint density at radius 1 is 0.885 bits per heavy atom. The maximum atomic E-state index is 13.0. The molecule has 0 radical (unpaired) electrons. The topological polar surface area (TPSA) is 20.3 Å². The zero-order chi connectivity index (χ0) is 18.5. The second-order valence-electron chi connectivity index (χ2n) is 6.84. The van der Waals surface area contributed by atoms with Crippen LogP contribution in [-0.4, -0.2) is 30.3 Å². The Labute approximate surface area is 155 Å². The van der Waals surface area contributed by atoms with E-state index in [1.54, 1.807) is 0 Å². The van der Waals surface area contributed by atoms with Crippen molar-refractivity contribution in [2.45, 2.75) is 13.8 Å². The molecule has 2 aromatic carbocycles. The summed E-state index contributed by atoms with van der Waals surface area (Å²) in [7, 11) is 0. The van der Waals surface area contributed by atoms with Gasteiger partial charge in [0.05, 0.1) is 6.54 Å². The Bertz CT molecular complexity index is 825. The Morgan fingerprint density at radius 3 is 1.69 bits per heavy atom. The van der Waals surface area contributed by atoms with E-state index in [9.17, 15) is 4.79 Å². The van der Waals surface area contributed by atoms with Crippen LogP contribution in [0.15, 0.2) is 59.7 Å². The van der Waals surface area contributed by atoms with Gasteiger partial charge < -0.3 is 0 Å². The number of rotatable bonds is 3. The number of likely N-dealkylation sites (tertiary alicyclic amines) is 1. The lowest BCUT2D eigenvalue weighted by Gasteiger charge is -2.28. The first-order valence-corrected chi connectivity index (χ1v) is 8.80. The van der Waals surface area contributed by atoms with Crippen molar-refractivity contribution in [1.29, 1.82) is 0 Å². The molecule has 1 heterocycles. The lowest BCUT2D eigenvalue weighted by Crippen LogP contribution is -2.37. The van der Waals surface area contributed by atoms with Crippen LogP contribution in [0, 0.1) is 26.2 Å². The van der Waals surface area contributed by atoms with Crippen LogP contribution in [0.5, 0.6) is 0 Å². The molecule has 2 aromatic rings. The van der Waals surface area contributed by atoms with E-state index in [1.165, 1.54) is 11.1 Å². The number of carbonyl (C=O) groups is 1. The van der Waals surface area contributed by atoms with Crippen molar-refractivity contribution in [3.63, 3.8) is 0 Å². The molecule has 1 fully saturated rings. The number of piperidine rings is 1. The summed E-state index contributed by atoms with van der Waals surface area (Å²) in [6.07, 6.45) is 9.47. The van der Waals surface area contributed by atoms with Gasteiger partial charge in [-0.25, -0.2) is 0 Å². The van der Waals surface area contributed by atoms with Crippen LogP contribution in [0.1, 0.15) is 22.3 Å². The highest BCUT2D eigenvalue weighted by Crippen LogP contribution is 2.22. The van der Waals surface area contributed by atoms with Gasteiger partial charge in [-0.05, 0) is 37.1 Å². The van der Waals surface area contributed by atoms with E-state index in [0.29, 0.717) is 19.6 Å². The van der Waals surface area contributed by atoms with E-state index in [2.05, 4.69) is 48.9 Å². The molecule has 0 N–H and O–H groups in total. The number of Topliss-reactive ketones (excluding diaryl/α,β-unsaturated/α-hetero) is 1. The molecule has 0 saturated carbocycles. The molecule has 0 spiro atoms. The molecule has 3 rings (SSSR count). The first kappa shape index (κ1) is 17.9. The summed E-state index contributed by atoms with van der Waals surface area (Å²) in [4.78, 5) is 15.1. The number of hydrogen-bond acceptors (Lipinski definition) is 2. The summed E-state index contributed by atoms with van der Waals surface area (Å²) in [6.45, 7) is 5.81. The maximum absolute atomic E-state index is 13.0. The van der Waals surface area contributed by atoms with Crippen LogP contribution in [-0.2, 0) is 4.79 Å². The van der Waals surface area contributed by atoms with Crippen LogP contribution in [0.2, 0.25) is 0 Å². The van der Waals surface area contributed by atoms with Gasteiger partial charge in [-0.15, -0.1) is 6.42 Å². The highest BCUT2D eigenvalue weighted by Gasteiger charge is 2.25. The Hall–Kier alpha value is -2.89. The molecule has 2 heteroatoms. The van der Waals surface area contributed by atoms with E-state index in [0.717, 1.165) is 22.3 Å². The van der Waals surface area contributed by atoms with Crippen molar-refractivity contribution < 1.29 is 4.79 Å². The Morgan fingerprint density at radius 2 is 1.31 bits per heavy atom. The molecule has 1 saturated heterocycles. The number of nitrogens with zero attached hydrogens (tertiary/aromatic N) is 1. The standard InChI is InChI=1S/C24H23NO/c1-4-13-25-16-22(14-20-9-5-18(2)6-10-20)24(26)23(17-25)15-21-11-7-19(3)8-12-21/h1,5-12,14-15H,13,16-17H2,2-3H3/b22-14-,23-15+. The normalized spacial score (nSPS) is 18.3. The van der Waals surface area contributed by atoms with Gasteiger partial charge >= 0.3 is 0 Å². The fourth-order valence-corrected chi connectivity index (χ4v) is 3.08.